The maximum Gasteiger partial charge on any atom is 0.197 e. The number of hydrogen-bond donors (Lipinski definition) is 2. The molecule has 0 aromatic heterocycles. The molecule has 33 heavy (non-hydrogen) atoms. The molecule has 2 heterocycles. The highest BCUT2D eigenvalue weighted by atomic mass is 16.7. The Balaban J connectivity index is 1.25. The van der Waals surface area contributed by atoms with Crippen molar-refractivity contribution < 1.29 is 24.4 Å². The molecular weight excluding hydrogens is 416 g/mol. The van der Waals surface area contributed by atoms with Crippen LogP contribution in [0.2, 0.25) is 0 Å². The van der Waals surface area contributed by atoms with Crippen LogP contribution in [0, 0.1) is 46.3 Å². The number of hydrogen-bond acceptors (Lipinski definition) is 5. The molecule has 13 atom stereocenters. The van der Waals surface area contributed by atoms with Crippen LogP contribution in [0.4, 0.5) is 0 Å². The van der Waals surface area contributed by atoms with Crippen molar-refractivity contribution in [1.29, 1.82) is 0 Å². The molecule has 6 rings (SSSR count). The van der Waals surface area contributed by atoms with Crippen LogP contribution in [0.1, 0.15) is 85.5 Å². The van der Waals surface area contributed by atoms with Gasteiger partial charge in [0.05, 0.1) is 24.4 Å². The summed E-state index contributed by atoms with van der Waals surface area (Å²) in [6.07, 6.45) is 10.4. The molecule has 5 nitrogen and oxygen atoms in total. The van der Waals surface area contributed by atoms with Crippen molar-refractivity contribution in [1.82, 2.24) is 0 Å². The van der Waals surface area contributed by atoms with E-state index in [2.05, 4.69) is 20.8 Å². The summed E-state index contributed by atoms with van der Waals surface area (Å²) in [5.74, 6) is 2.80. The van der Waals surface area contributed by atoms with Crippen molar-refractivity contribution in [2.24, 2.45) is 46.3 Å². The van der Waals surface area contributed by atoms with Crippen LogP contribution < -0.4 is 0 Å². The molecule has 1 spiro atoms. The summed E-state index contributed by atoms with van der Waals surface area (Å²) >= 11 is 0. The Morgan fingerprint density at radius 3 is 2.42 bits per heavy atom. The third-order valence-electron chi connectivity index (χ3n) is 12.3. The third kappa shape index (κ3) is 3.08. The average molecular weight is 463 g/mol. The predicted molar refractivity (Wildman–Crippen MR) is 125 cm³/mol. The quantitative estimate of drug-likeness (QED) is 0.599. The Labute approximate surface area is 199 Å². The normalized spacial score (nSPS) is 62.5. The molecule has 0 unspecified atom stereocenters. The number of methoxy groups -OCH3 is 1. The zero-order valence-electron chi connectivity index (χ0n) is 21.4. The smallest absolute Gasteiger partial charge is 0.197 e. The Bertz CT molecular complexity index is 784. The van der Waals surface area contributed by atoms with Crippen LogP contribution in [0.15, 0.2) is 0 Å². The summed E-state index contributed by atoms with van der Waals surface area (Å²) in [5, 5.41) is 21.5. The molecule has 0 aromatic rings. The second-order valence-electron chi connectivity index (χ2n) is 13.8. The van der Waals surface area contributed by atoms with Crippen LogP contribution in [-0.4, -0.2) is 53.6 Å². The SMILES string of the molecule is CO[C@H]1CC[C@@]2(C)[C@@H](CC[C@@H]3[C@@H]2CC[C@]2(C)[C@@H]4[C@H](C[C@@H]32)O[C@]2(OC[C@](C)(O)C[C@H]2O)[C@H]4C)C1. The minimum Gasteiger partial charge on any atom is -0.388 e. The number of ether oxygens (including phenoxy) is 3. The van der Waals surface area contributed by atoms with Crippen LogP contribution >= 0.6 is 0 Å². The minimum absolute atomic E-state index is 0.143. The molecule has 2 N–H and O–H groups in total. The Kier molecular flexibility index (Phi) is 5.21. The molecule has 0 bridgehead atoms. The van der Waals surface area contributed by atoms with Crippen LogP contribution in [0.25, 0.3) is 0 Å². The number of rotatable bonds is 1. The molecule has 188 valence electrons. The van der Waals surface area contributed by atoms with Gasteiger partial charge in [0, 0.05) is 19.4 Å². The topological polar surface area (TPSA) is 68.2 Å². The molecule has 0 aromatic carbocycles. The van der Waals surface area contributed by atoms with Gasteiger partial charge in [-0.2, -0.15) is 0 Å². The van der Waals surface area contributed by atoms with Crippen molar-refractivity contribution in [2.45, 2.75) is 115 Å². The lowest BCUT2D eigenvalue weighted by Crippen LogP contribution is -2.60. The highest BCUT2D eigenvalue weighted by molar-refractivity contribution is 5.16. The van der Waals surface area contributed by atoms with Crippen molar-refractivity contribution >= 4 is 0 Å². The monoisotopic (exact) mass is 462 g/mol. The number of fused-ring (bicyclic) bond motifs is 7. The third-order valence-corrected chi connectivity index (χ3v) is 12.3. The summed E-state index contributed by atoms with van der Waals surface area (Å²) in [7, 11) is 1.89. The first-order valence-corrected chi connectivity index (χ1v) is 13.8. The lowest BCUT2D eigenvalue weighted by atomic mass is 9.44. The van der Waals surface area contributed by atoms with Gasteiger partial charge in [-0.3, -0.25) is 0 Å². The molecule has 4 aliphatic carbocycles. The van der Waals surface area contributed by atoms with Gasteiger partial charge >= 0.3 is 0 Å². The highest BCUT2D eigenvalue weighted by Gasteiger charge is 2.71. The summed E-state index contributed by atoms with van der Waals surface area (Å²) < 4.78 is 18.7. The maximum absolute atomic E-state index is 11.1. The van der Waals surface area contributed by atoms with Gasteiger partial charge in [-0.15, -0.1) is 0 Å². The van der Waals surface area contributed by atoms with E-state index in [1.165, 1.54) is 44.9 Å². The summed E-state index contributed by atoms with van der Waals surface area (Å²) in [4.78, 5) is 0. The lowest BCUT2D eigenvalue weighted by molar-refractivity contribution is -0.335. The predicted octanol–water partition coefficient (Wildman–Crippen LogP) is 4.53. The molecule has 6 aliphatic rings. The van der Waals surface area contributed by atoms with Crippen molar-refractivity contribution in [3.8, 4) is 0 Å². The molecular formula is C28H46O5. The Morgan fingerprint density at radius 1 is 0.939 bits per heavy atom. The fourth-order valence-electron chi connectivity index (χ4n) is 10.6. The lowest BCUT2D eigenvalue weighted by Gasteiger charge is -2.61. The first-order valence-electron chi connectivity index (χ1n) is 13.8. The molecule has 6 fully saturated rings. The van der Waals surface area contributed by atoms with Crippen LogP contribution in [-0.2, 0) is 14.2 Å². The number of aliphatic hydroxyl groups excluding tert-OH is 1. The van der Waals surface area contributed by atoms with E-state index in [0.29, 0.717) is 29.8 Å². The van der Waals surface area contributed by atoms with Gasteiger partial charge in [0.15, 0.2) is 5.79 Å². The highest BCUT2D eigenvalue weighted by Crippen LogP contribution is 2.71. The van der Waals surface area contributed by atoms with Gasteiger partial charge in [0.25, 0.3) is 0 Å². The van der Waals surface area contributed by atoms with E-state index in [1.807, 2.05) is 7.11 Å². The van der Waals surface area contributed by atoms with Crippen molar-refractivity contribution in [2.75, 3.05) is 13.7 Å². The first-order chi connectivity index (χ1) is 15.5. The van der Waals surface area contributed by atoms with E-state index < -0.39 is 17.5 Å². The van der Waals surface area contributed by atoms with Gasteiger partial charge in [-0.05, 0) is 98.7 Å². The second kappa shape index (κ2) is 7.41. The van der Waals surface area contributed by atoms with Gasteiger partial charge in [0.1, 0.15) is 6.10 Å². The molecule has 2 aliphatic heterocycles. The standard InChI is InChI=1S/C28H46O5/c1-16-24-22(33-28(16)23(29)14-25(2,30)15-32-28)13-21-19-7-6-17-12-18(31-5)8-10-26(17,3)20(19)9-11-27(21,24)4/h16-24,29-30H,6-15H2,1-5H3/t16-,17-,18-,19+,20-,21-,22-,23+,24-,25+,26-,27-,28+/m0/s1. The first kappa shape index (κ1) is 23.2. The van der Waals surface area contributed by atoms with Gasteiger partial charge in [0.2, 0.25) is 0 Å². The van der Waals surface area contributed by atoms with E-state index in [9.17, 15) is 10.2 Å². The summed E-state index contributed by atoms with van der Waals surface area (Å²) in [6.45, 7) is 9.39. The molecule has 2 saturated heterocycles. The molecule has 5 heteroatoms. The van der Waals surface area contributed by atoms with E-state index in [4.69, 9.17) is 14.2 Å². The Hall–Kier alpha value is -0.200. The van der Waals surface area contributed by atoms with E-state index >= 15 is 0 Å². The zero-order valence-corrected chi connectivity index (χ0v) is 21.4. The van der Waals surface area contributed by atoms with Crippen LogP contribution in [0.3, 0.4) is 0 Å². The zero-order chi connectivity index (χ0) is 23.4. The second-order valence-corrected chi connectivity index (χ2v) is 13.8. The van der Waals surface area contributed by atoms with Gasteiger partial charge < -0.3 is 24.4 Å². The van der Waals surface area contributed by atoms with Gasteiger partial charge in [-0.25, -0.2) is 0 Å². The molecule has 0 amide bonds. The van der Waals surface area contributed by atoms with E-state index in [1.54, 1.807) is 6.92 Å². The van der Waals surface area contributed by atoms with E-state index in [0.717, 1.165) is 24.2 Å². The van der Waals surface area contributed by atoms with Crippen molar-refractivity contribution in [3.63, 3.8) is 0 Å². The van der Waals surface area contributed by atoms with Gasteiger partial charge in [-0.1, -0.05) is 20.8 Å². The number of aliphatic hydroxyl groups is 2. The average Bonchev–Trinajstić information content (AvgIpc) is 3.22. The largest absolute Gasteiger partial charge is 0.388 e. The van der Waals surface area contributed by atoms with Crippen LogP contribution in [0.5, 0.6) is 0 Å². The van der Waals surface area contributed by atoms with E-state index in [-0.39, 0.29) is 24.0 Å². The summed E-state index contributed by atoms with van der Waals surface area (Å²) in [6, 6.07) is 0. The minimum atomic E-state index is -0.980. The molecule has 4 saturated carbocycles. The fourth-order valence-corrected chi connectivity index (χ4v) is 10.6. The molecule has 0 radical (unpaired) electrons. The van der Waals surface area contributed by atoms with Crippen molar-refractivity contribution in [3.05, 3.63) is 0 Å². The Morgan fingerprint density at radius 2 is 1.70 bits per heavy atom. The maximum atomic E-state index is 11.1. The fraction of sp³-hybridized carbons (Fsp3) is 1.00. The summed E-state index contributed by atoms with van der Waals surface area (Å²) in [5.41, 5.74) is -0.254.